The zero-order valence-corrected chi connectivity index (χ0v) is 17.6. The lowest BCUT2D eigenvalue weighted by atomic mass is 10.2. The molecule has 0 aromatic carbocycles. The smallest absolute Gasteiger partial charge is 0.142 e. The Morgan fingerprint density at radius 1 is 1.10 bits per heavy atom. The van der Waals surface area contributed by atoms with Crippen LogP contribution in [0, 0.1) is 0 Å². The van der Waals surface area contributed by atoms with Crippen LogP contribution in [0.15, 0.2) is 11.3 Å². The maximum atomic E-state index is 4.16. The van der Waals surface area contributed by atoms with Crippen molar-refractivity contribution in [1.29, 1.82) is 0 Å². The van der Waals surface area contributed by atoms with Crippen molar-refractivity contribution in [2.24, 2.45) is 0 Å². The van der Waals surface area contributed by atoms with E-state index in [4.69, 9.17) is 0 Å². The van der Waals surface area contributed by atoms with Crippen LogP contribution in [0.25, 0.3) is 0 Å². The first-order chi connectivity index (χ1) is 9.10. The second-order valence-electron chi connectivity index (χ2n) is 7.78. The van der Waals surface area contributed by atoms with Gasteiger partial charge in [-0.3, -0.25) is 0 Å². The van der Waals surface area contributed by atoms with Gasteiger partial charge >= 0.3 is 0 Å². The molecule has 0 rings (SSSR count). The third-order valence-corrected chi connectivity index (χ3v) is 26.4. The standard InChI is InChI=1S/C17H39NSi2/c1-10-13-14-18-20(15-11-2,16(4)12-3)19(8,9)17(5,6)7/h12,18H,10-11,13-15H2,1-9H3/b16-12+. The molecule has 0 amide bonds. The van der Waals surface area contributed by atoms with Gasteiger partial charge in [0.05, 0.1) is 7.59 Å². The van der Waals surface area contributed by atoms with Gasteiger partial charge in [0.1, 0.15) is 7.75 Å². The third kappa shape index (κ3) is 4.08. The van der Waals surface area contributed by atoms with Gasteiger partial charge in [0.15, 0.2) is 0 Å². The van der Waals surface area contributed by atoms with Crippen molar-refractivity contribution in [2.75, 3.05) is 6.54 Å². The monoisotopic (exact) mass is 313 g/mol. The molecular weight excluding hydrogens is 274 g/mol. The van der Waals surface area contributed by atoms with E-state index in [1.165, 1.54) is 31.9 Å². The summed E-state index contributed by atoms with van der Waals surface area (Å²) in [6.07, 6.45) is 6.31. The van der Waals surface area contributed by atoms with Crippen LogP contribution in [-0.4, -0.2) is 21.9 Å². The molecule has 3 heteroatoms. The molecule has 0 aromatic rings. The Morgan fingerprint density at radius 3 is 2.00 bits per heavy atom. The zero-order chi connectivity index (χ0) is 16.0. The molecule has 0 spiro atoms. The van der Waals surface area contributed by atoms with Crippen LogP contribution in [0.4, 0.5) is 0 Å². The van der Waals surface area contributed by atoms with Crippen LogP contribution in [0.2, 0.25) is 24.2 Å². The summed E-state index contributed by atoms with van der Waals surface area (Å²) >= 11 is 0. The molecule has 1 atom stereocenters. The van der Waals surface area contributed by atoms with Crippen molar-refractivity contribution < 1.29 is 0 Å². The fraction of sp³-hybridized carbons (Fsp3) is 0.882. The summed E-state index contributed by atoms with van der Waals surface area (Å²) in [5.74, 6) is 0. The van der Waals surface area contributed by atoms with E-state index in [0.717, 1.165) is 0 Å². The highest BCUT2D eigenvalue weighted by molar-refractivity contribution is 7.44. The van der Waals surface area contributed by atoms with Crippen molar-refractivity contribution in [3.63, 3.8) is 0 Å². The van der Waals surface area contributed by atoms with Gasteiger partial charge in [-0.05, 0) is 37.9 Å². The van der Waals surface area contributed by atoms with Gasteiger partial charge in [0, 0.05) is 0 Å². The van der Waals surface area contributed by atoms with Gasteiger partial charge in [-0.1, -0.05) is 71.8 Å². The molecule has 0 aliphatic rings. The van der Waals surface area contributed by atoms with Gasteiger partial charge in [0.2, 0.25) is 0 Å². The fourth-order valence-electron chi connectivity index (χ4n) is 3.19. The third-order valence-electron chi connectivity index (χ3n) is 5.63. The lowest BCUT2D eigenvalue weighted by Crippen LogP contribution is -2.73. The number of hydrogen-bond acceptors (Lipinski definition) is 1. The molecular formula is C17H39NSi2. The summed E-state index contributed by atoms with van der Waals surface area (Å²) in [4.78, 5) is 4.16. The lowest BCUT2D eigenvalue weighted by Gasteiger charge is -2.52. The first-order valence-corrected chi connectivity index (χ1v) is 14.7. The molecule has 120 valence electrons. The van der Waals surface area contributed by atoms with E-state index in [1.807, 2.05) is 0 Å². The Balaban J connectivity index is 5.73. The predicted molar refractivity (Wildman–Crippen MR) is 100 cm³/mol. The van der Waals surface area contributed by atoms with Crippen LogP contribution >= 0.6 is 0 Å². The second kappa shape index (κ2) is 7.95. The number of nitrogens with one attached hydrogen (secondary N) is 1. The van der Waals surface area contributed by atoms with Crippen LogP contribution < -0.4 is 4.98 Å². The molecule has 20 heavy (non-hydrogen) atoms. The Hall–Kier alpha value is 0.134. The summed E-state index contributed by atoms with van der Waals surface area (Å²) in [6, 6.07) is 1.41. The molecule has 0 aromatic heterocycles. The minimum Gasteiger partial charge on any atom is -0.336 e. The molecule has 0 heterocycles. The van der Waals surface area contributed by atoms with Crippen LogP contribution in [0.1, 0.15) is 67.7 Å². The molecule has 0 aliphatic carbocycles. The second-order valence-corrected chi connectivity index (χ2v) is 22.3. The lowest BCUT2D eigenvalue weighted by molar-refractivity contribution is 0.718. The number of allylic oxidation sites excluding steroid dienone is 2. The number of unbranched alkanes of at least 4 members (excludes halogenated alkanes) is 1. The van der Waals surface area contributed by atoms with E-state index >= 15 is 0 Å². The highest BCUT2D eigenvalue weighted by Crippen LogP contribution is 2.45. The van der Waals surface area contributed by atoms with Crippen molar-refractivity contribution in [3.05, 3.63) is 11.3 Å². The van der Waals surface area contributed by atoms with E-state index in [1.54, 1.807) is 5.20 Å². The van der Waals surface area contributed by atoms with E-state index in [9.17, 15) is 0 Å². The van der Waals surface area contributed by atoms with Crippen molar-refractivity contribution in [3.8, 4) is 0 Å². The van der Waals surface area contributed by atoms with Crippen LogP contribution in [-0.2, 0) is 0 Å². The average molecular weight is 314 g/mol. The summed E-state index contributed by atoms with van der Waals surface area (Å²) in [5, 5.41) is 2.15. The highest BCUT2D eigenvalue weighted by Gasteiger charge is 2.54. The predicted octanol–water partition coefficient (Wildman–Crippen LogP) is 5.82. The normalized spacial score (nSPS) is 17.1. The minimum atomic E-state index is -1.55. The van der Waals surface area contributed by atoms with E-state index in [2.05, 4.69) is 72.6 Å². The molecule has 0 saturated carbocycles. The van der Waals surface area contributed by atoms with Crippen LogP contribution in [0.5, 0.6) is 0 Å². The summed E-state index contributed by atoms with van der Waals surface area (Å²) in [5.41, 5.74) is 0. The molecule has 1 N–H and O–H groups in total. The summed E-state index contributed by atoms with van der Waals surface area (Å²) < 4.78 is 0. The average Bonchev–Trinajstić information content (AvgIpc) is 2.35. The minimum absolute atomic E-state index is 0.456. The molecule has 0 saturated heterocycles. The maximum Gasteiger partial charge on any atom is 0.142 e. The number of hydrogen-bond donors (Lipinski definition) is 1. The van der Waals surface area contributed by atoms with E-state index < -0.39 is 15.3 Å². The van der Waals surface area contributed by atoms with Gasteiger partial charge in [0.25, 0.3) is 0 Å². The molecule has 1 unspecified atom stereocenters. The molecule has 0 aliphatic heterocycles. The largest absolute Gasteiger partial charge is 0.336 e. The Morgan fingerprint density at radius 2 is 1.65 bits per heavy atom. The highest BCUT2D eigenvalue weighted by atomic mass is 29.3. The maximum absolute atomic E-state index is 4.16. The summed E-state index contributed by atoms with van der Waals surface area (Å²) in [7, 11) is -2.93. The molecule has 0 bridgehead atoms. The quantitative estimate of drug-likeness (QED) is 0.439. The zero-order valence-electron chi connectivity index (χ0n) is 15.6. The van der Waals surface area contributed by atoms with Gasteiger partial charge < -0.3 is 4.98 Å². The van der Waals surface area contributed by atoms with E-state index in [0.29, 0.717) is 5.04 Å². The van der Waals surface area contributed by atoms with Crippen LogP contribution in [0.3, 0.4) is 0 Å². The van der Waals surface area contributed by atoms with Crippen molar-refractivity contribution in [1.82, 2.24) is 4.98 Å². The van der Waals surface area contributed by atoms with Gasteiger partial charge in [-0.2, -0.15) is 0 Å². The summed E-state index contributed by atoms with van der Waals surface area (Å²) in [6.45, 7) is 23.2. The van der Waals surface area contributed by atoms with Crippen molar-refractivity contribution >= 4 is 15.3 Å². The van der Waals surface area contributed by atoms with Gasteiger partial charge in [-0.15, -0.1) is 0 Å². The molecule has 0 radical (unpaired) electrons. The molecule has 1 nitrogen and oxygen atoms in total. The Bertz CT molecular complexity index is 315. The Labute approximate surface area is 130 Å². The number of rotatable bonds is 8. The SMILES string of the molecule is C/C=C(\C)[Si](CCC)(NCCCC)[Si](C)(C)C(C)(C)C. The molecule has 0 fully saturated rings. The van der Waals surface area contributed by atoms with E-state index in [-0.39, 0.29) is 0 Å². The van der Waals surface area contributed by atoms with Gasteiger partial charge in [-0.25, -0.2) is 0 Å². The topological polar surface area (TPSA) is 12.0 Å². The fourth-order valence-corrected chi connectivity index (χ4v) is 20.8. The first kappa shape index (κ1) is 20.1. The first-order valence-electron chi connectivity index (χ1n) is 8.49. The van der Waals surface area contributed by atoms with Crippen molar-refractivity contribution in [2.45, 2.75) is 91.9 Å². The Kier molecular flexibility index (Phi) is 8.00.